The van der Waals surface area contributed by atoms with Gasteiger partial charge in [-0.15, -0.1) is 0 Å². The summed E-state index contributed by atoms with van der Waals surface area (Å²) in [5, 5.41) is 19.7. The van der Waals surface area contributed by atoms with E-state index in [1.807, 2.05) is 12.2 Å². The molecule has 0 saturated carbocycles. The van der Waals surface area contributed by atoms with Crippen LogP contribution in [0.15, 0.2) is 47.3 Å². The number of ether oxygens (including phenoxy) is 1. The first-order valence-corrected chi connectivity index (χ1v) is 7.94. The SMILES string of the molecule is [C-]#[N+]/C(C#N)=C/C=C\C(\C=C\CCC(=O)OCC[NH2+]CC)=C(/C#N)[N+]#[C-]. The zero-order chi connectivity index (χ0) is 19.6. The molecule has 0 aromatic heterocycles. The Morgan fingerprint density at radius 2 is 2.00 bits per heavy atom. The van der Waals surface area contributed by atoms with Gasteiger partial charge < -0.3 is 10.1 Å². The van der Waals surface area contributed by atoms with E-state index in [1.54, 1.807) is 24.3 Å². The van der Waals surface area contributed by atoms with Gasteiger partial charge in [0.2, 0.25) is 0 Å². The van der Waals surface area contributed by atoms with E-state index in [9.17, 15) is 4.79 Å². The molecule has 0 aliphatic rings. The van der Waals surface area contributed by atoms with Crippen molar-refractivity contribution in [3.8, 4) is 12.1 Å². The third-order valence-electron chi connectivity index (χ3n) is 2.94. The van der Waals surface area contributed by atoms with Gasteiger partial charge in [-0.2, -0.15) is 0 Å². The monoisotopic (exact) mass is 350 g/mol. The zero-order valence-corrected chi connectivity index (χ0v) is 14.6. The van der Waals surface area contributed by atoms with Crippen LogP contribution in [0.25, 0.3) is 9.69 Å². The molecule has 0 aromatic carbocycles. The summed E-state index contributed by atoms with van der Waals surface area (Å²) in [5.74, 6) is -0.301. The molecule has 0 spiro atoms. The van der Waals surface area contributed by atoms with Gasteiger partial charge in [-0.05, 0) is 25.0 Å². The van der Waals surface area contributed by atoms with E-state index in [0.29, 0.717) is 18.6 Å². The highest BCUT2D eigenvalue weighted by atomic mass is 16.5. The average molecular weight is 350 g/mol. The van der Waals surface area contributed by atoms with Crippen LogP contribution in [0.1, 0.15) is 19.8 Å². The number of allylic oxidation sites excluding steroid dienone is 8. The van der Waals surface area contributed by atoms with Crippen LogP contribution in [0, 0.1) is 35.8 Å². The van der Waals surface area contributed by atoms with Gasteiger partial charge in [0.15, 0.2) is 0 Å². The lowest BCUT2D eigenvalue weighted by atomic mass is 10.1. The molecule has 26 heavy (non-hydrogen) atoms. The summed E-state index contributed by atoms with van der Waals surface area (Å²) >= 11 is 0. The lowest BCUT2D eigenvalue weighted by Crippen LogP contribution is -2.84. The molecular weight excluding hydrogens is 330 g/mol. The van der Waals surface area contributed by atoms with Gasteiger partial charge >= 0.3 is 5.97 Å². The van der Waals surface area contributed by atoms with Crippen LogP contribution < -0.4 is 5.32 Å². The van der Waals surface area contributed by atoms with E-state index in [0.717, 1.165) is 13.1 Å². The first-order chi connectivity index (χ1) is 12.6. The van der Waals surface area contributed by atoms with Gasteiger partial charge in [0, 0.05) is 6.42 Å². The molecule has 2 N–H and O–H groups in total. The van der Waals surface area contributed by atoms with Crippen molar-refractivity contribution in [2.75, 3.05) is 19.7 Å². The van der Waals surface area contributed by atoms with Crippen molar-refractivity contribution >= 4 is 5.97 Å². The largest absolute Gasteiger partial charge is 0.460 e. The molecule has 0 radical (unpaired) electrons. The Balaban J connectivity index is 4.81. The van der Waals surface area contributed by atoms with Crippen LogP contribution in [-0.2, 0) is 9.53 Å². The number of hydrogen-bond acceptors (Lipinski definition) is 4. The fourth-order valence-electron chi connectivity index (χ4n) is 1.65. The van der Waals surface area contributed by atoms with Gasteiger partial charge in [-0.25, -0.2) is 20.2 Å². The molecular formula is C19H20N5O2+. The van der Waals surface area contributed by atoms with Gasteiger partial charge in [0.05, 0.1) is 31.8 Å². The van der Waals surface area contributed by atoms with Crippen molar-refractivity contribution in [1.29, 1.82) is 10.5 Å². The van der Waals surface area contributed by atoms with E-state index >= 15 is 0 Å². The smallest absolute Gasteiger partial charge is 0.306 e. The quantitative estimate of drug-likeness (QED) is 0.214. The summed E-state index contributed by atoms with van der Waals surface area (Å²) in [6.07, 6.45) is 8.03. The molecule has 0 aromatic rings. The minimum Gasteiger partial charge on any atom is -0.460 e. The van der Waals surface area contributed by atoms with Gasteiger partial charge in [-0.1, -0.05) is 24.3 Å². The highest BCUT2D eigenvalue weighted by molar-refractivity contribution is 5.69. The summed E-state index contributed by atoms with van der Waals surface area (Å²) < 4.78 is 5.06. The van der Waals surface area contributed by atoms with E-state index in [1.165, 1.54) is 18.2 Å². The maximum absolute atomic E-state index is 11.5. The predicted molar refractivity (Wildman–Crippen MR) is 95.3 cm³/mol. The minimum atomic E-state index is -0.301. The number of hydrogen-bond donors (Lipinski definition) is 1. The van der Waals surface area contributed by atoms with Crippen LogP contribution in [0.2, 0.25) is 0 Å². The molecule has 0 amide bonds. The van der Waals surface area contributed by atoms with Crippen molar-refractivity contribution in [1.82, 2.24) is 0 Å². The van der Waals surface area contributed by atoms with Crippen molar-refractivity contribution in [2.45, 2.75) is 19.8 Å². The second-order valence-corrected chi connectivity index (χ2v) is 4.81. The second-order valence-electron chi connectivity index (χ2n) is 4.81. The van der Waals surface area contributed by atoms with Crippen LogP contribution >= 0.6 is 0 Å². The average Bonchev–Trinajstić information content (AvgIpc) is 2.66. The first-order valence-electron chi connectivity index (χ1n) is 7.94. The Kier molecular flexibility index (Phi) is 12.8. The van der Waals surface area contributed by atoms with Crippen molar-refractivity contribution in [2.24, 2.45) is 0 Å². The van der Waals surface area contributed by atoms with E-state index in [4.69, 9.17) is 28.4 Å². The first kappa shape index (κ1) is 22.4. The van der Waals surface area contributed by atoms with Crippen molar-refractivity contribution in [3.05, 3.63) is 70.2 Å². The molecule has 0 heterocycles. The molecule has 0 atom stereocenters. The topological polar surface area (TPSA) is 99.2 Å². The molecule has 0 aliphatic carbocycles. The van der Waals surface area contributed by atoms with Crippen LogP contribution in [0.3, 0.4) is 0 Å². The van der Waals surface area contributed by atoms with Crippen LogP contribution in [0.5, 0.6) is 0 Å². The molecule has 0 unspecified atom stereocenters. The zero-order valence-electron chi connectivity index (χ0n) is 14.6. The van der Waals surface area contributed by atoms with E-state index < -0.39 is 0 Å². The fourth-order valence-corrected chi connectivity index (χ4v) is 1.65. The summed E-state index contributed by atoms with van der Waals surface area (Å²) in [7, 11) is 0. The molecule has 7 nitrogen and oxygen atoms in total. The minimum absolute atomic E-state index is 0.103. The maximum atomic E-state index is 11.5. The Morgan fingerprint density at radius 1 is 1.23 bits per heavy atom. The lowest BCUT2D eigenvalue weighted by molar-refractivity contribution is -0.652. The summed E-state index contributed by atoms with van der Waals surface area (Å²) in [5.41, 5.74) is 0.116. The number of nitriles is 2. The number of esters is 1. The van der Waals surface area contributed by atoms with Crippen molar-refractivity contribution < 1.29 is 14.8 Å². The van der Waals surface area contributed by atoms with Crippen molar-refractivity contribution in [3.63, 3.8) is 0 Å². The Bertz CT molecular complexity index is 730. The highest BCUT2D eigenvalue weighted by Gasteiger charge is 2.02. The molecule has 0 aliphatic heterocycles. The molecule has 0 saturated heterocycles. The Hall–Kier alpha value is -3.65. The summed E-state index contributed by atoms with van der Waals surface area (Å²) in [6.45, 7) is 17.9. The van der Waals surface area contributed by atoms with Crippen LogP contribution in [0.4, 0.5) is 0 Å². The molecule has 132 valence electrons. The van der Waals surface area contributed by atoms with Gasteiger partial charge in [0.25, 0.3) is 11.4 Å². The number of nitrogens with zero attached hydrogens (tertiary/aromatic N) is 4. The van der Waals surface area contributed by atoms with Gasteiger partial charge in [-0.3, -0.25) is 4.79 Å². The Labute approximate surface area is 153 Å². The third-order valence-corrected chi connectivity index (χ3v) is 2.94. The fraction of sp³-hybridized carbons (Fsp3) is 0.316. The number of quaternary nitrogens is 1. The number of likely N-dealkylation sites (N-methyl/N-ethyl adjacent to an activating group) is 1. The maximum Gasteiger partial charge on any atom is 0.306 e. The highest BCUT2D eigenvalue weighted by Crippen LogP contribution is 2.11. The number of nitrogens with two attached hydrogens (primary N) is 1. The standard InChI is InChI=1S/C19H19N5O2/c1-4-24-12-13-26-19(25)11-6-5-8-16(18(15-21)23-3)9-7-10-17(14-20)22-2/h5,7-10,24H,4,6,11-13H2,1H3/p+1/b8-5+,9-7-,17-10+,18-16+. The summed E-state index contributed by atoms with van der Waals surface area (Å²) in [6, 6.07) is 3.50. The molecule has 0 fully saturated rings. The third kappa shape index (κ3) is 10.2. The Morgan fingerprint density at radius 3 is 2.58 bits per heavy atom. The summed E-state index contributed by atoms with van der Waals surface area (Å²) in [4.78, 5) is 17.7. The van der Waals surface area contributed by atoms with E-state index in [-0.39, 0.29) is 23.8 Å². The second kappa shape index (κ2) is 14.9. The predicted octanol–water partition coefficient (Wildman–Crippen LogP) is 2.03. The number of carbonyl (C=O) groups is 1. The van der Waals surface area contributed by atoms with E-state index in [2.05, 4.69) is 9.69 Å². The number of rotatable bonds is 10. The van der Waals surface area contributed by atoms with Crippen LogP contribution in [-0.4, -0.2) is 25.7 Å². The lowest BCUT2D eigenvalue weighted by Gasteiger charge is -2.02. The normalized spacial score (nSPS) is 12.0. The molecule has 7 heteroatoms. The molecule has 0 rings (SSSR count). The number of carbonyl (C=O) groups excluding carboxylic acids is 1. The van der Waals surface area contributed by atoms with Gasteiger partial charge in [0.1, 0.15) is 13.2 Å². The molecule has 0 bridgehead atoms.